The van der Waals surface area contributed by atoms with Crippen molar-refractivity contribution in [3.05, 3.63) is 0 Å². The first-order chi connectivity index (χ1) is 9.04. The van der Waals surface area contributed by atoms with Crippen LogP contribution in [-0.2, 0) is 4.74 Å². The van der Waals surface area contributed by atoms with Gasteiger partial charge in [-0.15, -0.1) is 0 Å². The number of urea groups is 1. The Kier molecular flexibility index (Phi) is 6.62. The van der Waals surface area contributed by atoms with Crippen molar-refractivity contribution in [3.63, 3.8) is 0 Å². The zero-order chi connectivity index (χ0) is 14.3. The zero-order valence-corrected chi connectivity index (χ0v) is 12.0. The summed E-state index contributed by atoms with van der Waals surface area (Å²) in [5.41, 5.74) is 5.37. The van der Waals surface area contributed by atoms with E-state index in [2.05, 4.69) is 6.92 Å². The number of nitrogens with two attached hydrogens (primary N) is 1. The standard InChI is InChI=1S/C13H26N4O2/c1-11-4-3-6-17(10-11)13(18)16(8-9-19-2)7-5-12(14)15/h11H,3-10H2,1-2H3,(H3,14,15). The molecule has 0 spiro atoms. The monoisotopic (exact) mass is 270 g/mol. The maximum Gasteiger partial charge on any atom is 0.320 e. The molecule has 6 nitrogen and oxygen atoms in total. The van der Waals surface area contributed by atoms with Crippen molar-refractivity contribution in [2.45, 2.75) is 26.2 Å². The molecule has 0 aromatic carbocycles. The van der Waals surface area contributed by atoms with E-state index in [1.165, 1.54) is 6.42 Å². The predicted octanol–water partition coefficient (Wildman–Crippen LogP) is 1.11. The van der Waals surface area contributed by atoms with Crippen LogP contribution < -0.4 is 5.73 Å². The number of nitrogens with one attached hydrogen (secondary N) is 1. The molecular formula is C13H26N4O2. The molecule has 1 heterocycles. The highest BCUT2D eigenvalue weighted by Gasteiger charge is 2.25. The van der Waals surface area contributed by atoms with Gasteiger partial charge in [0.25, 0.3) is 0 Å². The molecule has 110 valence electrons. The Bertz CT molecular complexity index is 309. The molecule has 6 heteroatoms. The Hall–Kier alpha value is -1.30. The van der Waals surface area contributed by atoms with Crippen LogP contribution in [0.3, 0.4) is 0 Å². The molecule has 1 aliphatic rings. The number of likely N-dealkylation sites (tertiary alicyclic amines) is 1. The molecule has 0 aromatic rings. The smallest absolute Gasteiger partial charge is 0.320 e. The molecule has 0 bridgehead atoms. The van der Waals surface area contributed by atoms with Crippen LogP contribution in [0, 0.1) is 11.3 Å². The summed E-state index contributed by atoms with van der Waals surface area (Å²) in [4.78, 5) is 16.1. The van der Waals surface area contributed by atoms with Crippen molar-refractivity contribution in [2.75, 3.05) is 39.9 Å². The Balaban J connectivity index is 2.55. The van der Waals surface area contributed by atoms with Crippen LogP contribution in [0.25, 0.3) is 0 Å². The highest BCUT2D eigenvalue weighted by Crippen LogP contribution is 2.17. The first-order valence-electron chi connectivity index (χ1n) is 6.90. The van der Waals surface area contributed by atoms with E-state index < -0.39 is 0 Å². The highest BCUT2D eigenvalue weighted by atomic mass is 16.5. The van der Waals surface area contributed by atoms with Crippen LogP contribution in [0.4, 0.5) is 4.79 Å². The number of ether oxygens (including phenoxy) is 1. The normalized spacial score (nSPS) is 19.3. The first kappa shape index (κ1) is 15.8. The highest BCUT2D eigenvalue weighted by molar-refractivity contribution is 5.79. The second-order valence-corrected chi connectivity index (χ2v) is 5.23. The van der Waals surface area contributed by atoms with Gasteiger partial charge in [-0.2, -0.15) is 0 Å². The van der Waals surface area contributed by atoms with E-state index in [4.69, 9.17) is 15.9 Å². The van der Waals surface area contributed by atoms with Crippen molar-refractivity contribution < 1.29 is 9.53 Å². The molecule has 2 amide bonds. The van der Waals surface area contributed by atoms with Crippen LogP contribution in [0.15, 0.2) is 0 Å². The lowest BCUT2D eigenvalue weighted by Crippen LogP contribution is -2.48. The van der Waals surface area contributed by atoms with E-state index in [0.717, 1.165) is 19.5 Å². The van der Waals surface area contributed by atoms with Gasteiger partial charge in [0, 0.05) is 39.7 Å². The van der Waals surface area contributed by atoms with Gasteiger partial charge in [0.05, 0.1) is 12.4 Å². The van der Waals surface area contributed by atoms with E-state index in [0.29, 0.717) is 32.0 Å². The second kappa shape index (κ2) is 7.99. The molecule has 0 radical (unpaired) electrons. The number of methoxy groups -OCH3 is 1. The number of rotatable bonds is 6. The Morgan fingerprint density at radius 2 is 2.26 bits per heavy atom. The van der Waals surface area contributed by atoms with E-state index in [9.17, 15) is 4.79 Å². The maximum atomic E-state index is 12.4. The lowest BCUT2D eigenvalue weighted by molar-refractivity contribution is 0.113. The molecular weight excluding hydrogens is 244 g/mol. The molecule has 0 saturated carbocycles. The van der Waals surface area contributed by atoms with Crippen LogP contribution in [0.5, 0.6) is 0 Å². The van der Waals surface area contributed by atoms with Crippen molar-refractivity contribution in [2.24, 2.45) is 11.7 Å². The fraction of sp³-hybridized carbons (Fsp3) is 0.846. The van der Waals surface area contributed by atoms with E-state index in [1.54, 1.807) is 12.0 Å². The van der Waals surface area contributed by atoms with Crippen LogP contribution in [0.2, 0.25) is 0 Å². The minimum atomic E-state index is 0.0462. The minimum absolute atomic E-state index is 0.0462. The molecule has 1 rings (SSSR count). The van der Waals surface area contributed by atoms with Gasteiger partial charge >= 0.3 is 6.03 Å². The maximum absolute atomic E-state index is 12.4. The summed E-state index contributed by atoms with van der Waals surface area (Å²) in [6.07, 6.45) is 2.67. The van der Waals surface area contributed by atoms with Gasteiger partial charge in [0.15, 0.2) is 0 Å². The molecule has 19 heavy (non-hydrogen) atoms. The fourth-order valence-electron chi connectivity index (χ4n) is 2.32. The number of hydrogen-bond donors (Lipinski definition) is 2. The van der Waals surface area contributed by atoms with E-state index in [1.807, 2.05) is 4.90 Å². The molecule has 1 unspecified atom stereocenters. The Labute approximate surface area is 115 Å². The molecule has 1 aliphatic heterocycles. The van der Waals surface area contributed by atoms with Gasteiger partial charge in [-0.1, -0.05) is 6.92 Å². The quantitative estimate of drug-likeness (QED) is 0.560. The van der Waals surface area contributed by atoms with Crippen molar-refractivity contribution in [1.82, 2.24) is 9.80 Å². The van der Waals surface area contributed by atoms with Crippen LogP contribution in [-0.4, -0.2) is 61.6 Å². The zero-order valence-electron chi connectivity index (χ0n) is 12.0. The Morgan fingerprint density at radius 3 is 2.84 bits per heavy atom. The number of piperidine rings is 1. The van der Waals surface area contributed by atoms with Crippen LogP contribution in [0.1, 0.15) is 26.2 Å². The molecule has 1 atom stereocenters. The largest absolute Gasteiger partial charge is 0.388 e. The van der Waals surface area contributed by atoms with Gasteiger partial charge in [-0.25, -0.2) is 4.79 Å². The van der Waals surface area contributed by atoms with Gasteiger partial charge < -0.3 is 20.3 Å². The number of hydrogen-bond acceptors (Lipinski definition) is 3. The van der Waals surface area contributed by atoms with Crippen molar-refractivity contribution >= 4 is 11.9 Å². The van der Waals surface area contributed by atoms with Gasteiger partial charge in [-0.05, 0) is 18.8 Å². The number of amides is 2. The van der Waals surface area contributed by atoms with Crippen molar-refractivity contribution in [1.29, 1.82) is 5.41 Å². The number of carbonyl (C=O) groups is 1. The summed E-state index contributed by atoms with van der Waals surface area (Å²) < 4.78 is 5.04. The van der Waals surface area contributed by atoms with Crippen LogP contribution >= 0.6 is 0 Å². The second-order valence-electron chi connectivity index (χ2n) is 5.23. The fourth-order valence-corrected chi connectivity index (χ4v) is 2.32. The average Bonchev–Trinajstić information content (AvgIpc) is 2.38. The van der Waals surface area contributed by atoms with Crippen molar-refractivity contribution in [3.8, 4) is 0 Å². The van der Waals surface area contributed by atoms with E-state index >= 15 is 0 Å². The third-order valence-electron chi connectivity index (χ3n) is 3.41. The van der Waals surface area contributed by atoms with E-state index in [-0.39, 0.29) is 11.9 Å². The number of carbonyl (C=O) groups excluding carboxylic acids is 1. The summed E-state index contributed by atoms with van der Waals surface area (Å²) >= 11 is 0. The topological polar surface area (TPSA) is 82.6 Å². The van der Waals surface area contributed by atoms with Gasteiger partial charge in [0.2, 0.25) is 0 Å². The number of amidine groups is 1. The predicted molar refractivity (Wildman–Crippen MR) is 75.3 cm³/mol. The summed E-state index contributed by atoms with van der Waals surface area (Å²) in [5.74, 6) is 0.678. The molecule has 3 N–H and O–H groups in total. The lowest BCUT2D eigenvalue weighted by atomic mass is 10.0. The minimum Gasteiger partial charge on any atom is -0.388 e. The van der Waals surface area contributed by atoms with Gasteiger partial charge in [0.1, 0.15) is 0 Å². The van der Waals surface area contributed by atoms with Gasteiger partial charge in [-0.3, -0.25) is 5.41 Å². The molecule has 0 aromatic heterocycles. The first-order valence-corrected chi connectivity index (χ1v) is 6.90. The summed E-state index contributed by atoms with van der Waals surface area (Å²) in [6.45, 7) is 5.37. The Morgan fingerprint density at radius 1 is 1.53 bits per heavy atom. The summed E-state index contributed by atoms with van der Waals surface area (Å²) in [6, 6.07) is 0.0462. The SMILES string of the molecule is COCCN(CCC(=N)N)C(=O)N1CCCC(C)C1. The summed E-state index contributed by atoms with van der Waals surface area (Å²) in [7, 11) is 1.62. The number of nitrogens with zero attached hydrogens (tertiary/aromatic N) is 2. The average molecular weight is 270 g/mol. The third kappa shape index (κ3) is 5.46. The molecule has 0 aliphatic carbocycles. The molecule has 1 saturated heterocycles. The summed E-state index contributed by atoms with van der Waals surface area (Å²) in [5, 5.41) is 7.28. The molecule has 1 fully saturated rings. The third-order valence-corrected chi connectivity index (χ3v) is 3.41. The lowest BCUT2D eigenvalue weighted by Gasteiger charge is -2.35.